The fourth-order valence-corrected chi connectivity index (χ4v) is 2.68. The number of anilines is 1. The van der Waals surface area contributed by atoms with E-state index in [1.165, 1.54) is 19.3 Å². The first-order chi connectivity index (χ1) is 9.15. The second-order valence-corrected chi connectivity index (χ2v) is 5.66. The average molecular weight is 262 g/mol. The largest absolute Gasteiger partial charge is 0.352 e. The quantitative estimate of drug-likeness (QED) is 0.856. The van der Waals surface area contributed by atoms with E-state index in [2.05, 4.69) is 35.2 Å². The first kappa shape index (κ1) is 14.3. The van der Waals surface area contributed by atoms with Gasteiger partial charge in [0.15, 0.2) is 0 Å². The van der Waals surface area contributed by atoms with Crippen LogP contribution >= 0.6 is 0 Å². The molecule has 106 valence electrons. The van der Waals surface area contributed by atoms with E-state index in [9.17, 15) is 0 Å². The molecular weight excluding hydrogens is 236 g/mol. The minimum absolute atomic E-state index is 0.0732. The molecule has 0 unspecified atom stereocenters. The van der Waals surface area contributed by atoms with Crippen molar-refractivity contribution in [2.75, 3.05) is 11.9 Å². The Balaban J connectivity index is 2.02. The van der Waals surface area contributed by atoms with E-state index in [1.54, 1.807) is 0 Å². The third-order valence-electron chi connectivity index (χ3n) is 4.00. The molecule has 0 aromatic carbocycles. The van der Waals surface area contributed by atoms with E-state index < -0.39 is 0 Å². The van der Waals surface area contributed by atoms with Gasteiger partial charge in [-0.25, -0.2) is 9.97 Å². The van der Waals surface area contributed by atoms with Crippen LogP contribution in [-0.4, -0.2) is 22.1 Å². The lowest BCUT2D eigenvalue weighted by Gasteiger charge is -2.33. The summed E-state index contributed by atoms with van der Waals surface area (Å²) in [6.45, 7) is 5.03. The summed E-state index contributed by atoms with van der Waals surface area (Å²) in [5.74, 6) is 0.742. The number of nitrogens with two attached hydrogens (primary N) is 1. The van der Waals surface area contributed by atoms with Gasteiger partial charge in [-0.2, -0.15) is 0 Å². The van der Waals surface area contributed by atoms with Gasteiger partial charge in [-0.1, -0.05) is 33.1 Å². The summed E-state index contributed by atoms with van der Waals surface area (Å²) < 4.78 is 0. The van der Waals surface area contributed by atoms with Crippen LogP contribution in [0.2, 0.25) is 0 Å². The lowest BCUT2D eigenvalue weighted by atomic mass is 9.82. The SMILES string of the molecule is CCc1cc(CC)nc(NCC2(N)CCCCC2)n1. The zero-order valence-corrected chi connectivity index (χ0v) is 12.2. The van der Waals surface area contributed by atoms with Crippen LogP contribution < -0.4 is 11.1 Å². The zero-order chi connectivity index (χ0) is 13.7. The van der Waals surface area contributed by atoms with Crippen LogP contribution in [0.1, 0.15) is 57.3 Å². The highest BCUT2D eigenvalue weighted by atomic mass is 15.1. The molecule has 3 N–H and O–H groups in total. The van der Waals surface area contributed by atoms with Crippen LogP contribution in [0.25, 0.3) is 0 Å². The number of nitrogens with one attached hydrogen (secondary N) is 1. The molecule has 1 aliphatic carbocycles. The van der Waals surface area contributed by atoms with E-state index in [-0.39, 0.29) is 5.54 Å². The zero-order valence-electron chi connectivity index (χ0n) is 12.2. The van der Waals surface area contributed by atoms with Crippen molar-refractivity contribution in [3.63, 3.8) is 0 Å². The van der Waals surface area contributed by atoms with Gasteiger partial charge in [0.2, 0.25) is 5.95 Å². The number of nitrogens with zero attached hydrogens (tertiary/aromatic N) is 2. The van der Waals surface area contributed by atoms with Gasteiger partial charge < -0.3 is 11.1 Å². The van der Waals surface area contributed by atoms with E-state index in [4.69, 9.17) is 5.73 Å². The fourth-order valence-electron chi connectivity index (χ4n) is 2.68. The van der Waals surface area contributed by atoms with Gasteiger partial charge in [0.05, 0.1) is 0 Å². The van der Waals surface area contributed by atoms with Gasteiger partial charge >= 0.3 is 0 Å². The summed E-state index contributed by atoms with van der Waals surface area (Å²) in [5, 5.41) is 3.36. The van der Waals surface area contributed by atoms with Crippen molar-refractivity contribution in [1.82, 2.24) is 9.97 Å². The van der Waals surface area contributed by atoms with E-state index in [1.807, 2.05) is 0 Å². The maximum atomic E-state index is 6.43. The normalized spacial score (nSPS) is 18.3. The van der Waals surface area contributed by atoms with Gasteiger partial charge in [-0.3, -0.25) is 0 Å². The van der Waals surface area contributed by atoms with Gasteiger partial charge in [-0.05, 0) is 31.7 Å². The molecule has 1 aromatic heterocycles. The molecule has 1 aromatic rings. The summed E-state index contributed by atoms with van der Waals surface area (Å²) in [7, 11) is 0. The number of aryl methyl sites for hydroxylation is 2. The minimum Gasteiger partial charge on any atom is -0.352 e. The van der Waals surface area contributed by atoms with Crippen molar-refractivity contribution in [1.29, 1.82) is 0 Å². The Morgan fingerprint density at radius 2 is 1.68 bits per heavy atom. The highest BCUT2D eigenvalue weighted by Crippen LogP contribution is 2.25. The standard InChI is InChI=1S/C15H26N4/c1-3-12-10-13(4-2)19-14(18-12)17-11-15(16)8-6-5-7-9-15/h10H,3-9,11,16H2,1-2H3,(H,17,18,19). The number of hydrogen-bond acceptors (Lipinski definition) is 4. The molecule has 0 saturated heterocycles. The van der Waals surface area contributed by atoms with Gasteiger partial charge in [0, 0.05) is 23.5 Å². The van der Waals surface area contributed by atoms with Crippen LogP contribution in [0, 0.1) is 0 Å². The van der Waals surface area contributed by atoms with Gasteiger partial charge in [-0.15, -0.1) is 0 Å². The maximum absolute atomic E-state index is 6.43. The topological polar surface area (TPSA) is 63.8 Å². The molecule has 0 spiro atoms. The molecule has 0 amide bonds. The predicted molar refractivity (Wildman–Crippen MR) is 79.3 cm³/mol. The van der Waals surface area contributed by atoms with Crippen molar-refractivity contribution < 1.29 is 0 Å². The van der Waals surface area contributed by atoms with Crippen LogP contribution in [0.4, 0.5) is 5.95 Å². The van der Waals surface area contributed by atoms with E-state index in [0.29, 0.717) is 0 Å². The molecule has 0 aliphatic heterocycles. The van der Waals surface area contributed by atoms with Crippen LogP contribution in [0.3, 0.4) is 0 Å². The van der Waals surface area contributed by atoms with Crippen molar-refractivity contribution in [2.45, 2.75) is 64.3 Å². The fraction of sp³-hybridized carbons (Fsp3) is 0.733. The number of rotatable bonds is 5. The molecule has 4 heteroatoms. The molecule has 0 bridgehead atoms. The molecule has 1 fully saturated rings. The highest BCUT2D eigenvalue weighted by Gasteiger charge is 2.27. The first-order valence-corrected chi connectivity index (χ1v) is 7.55. The summed E-state index contributed by atoms with van der Waals surface area (Å²) in [4.78, 5) is 9.08. The summed E-state index contributed by atoms with van der Waals surface area (Å²) in [6, 6.07) is 2.09. The number of aromatic nitrogens is 2. The molecule has 1 heterocycles. The Hall–Kier alpha value is -1.16. The Morgan fingerprint density at radius 1 is 1.11 bits per heavy atom. The van der Waals surface area contributed by atoms with Gasteiger partial charge in [0.1, 0.15) is 0 Å². The van der Waals surface area contributed by atoms with Crippen molar-refractivity contribution in [3.8, 4) is 0 Å². The molecule has 19 heavy (non-hydrogen) atoms. The van der Waals surface area contributed by atoms with Crippen molar-refractivity contribution >= 4 is 5.95 Å². The lowest BCUT2D eigenvalue weighted by molar-refractivity contribution is 0.310. The molecule has 0 atom stereocenters. The second-order valence-electron chi connectivity index (χ2n) is 5.66. The minimum atomic E-state index is -0.0732. The smallest absolute Gasteiger partial charge is 0.223 e. The summed E-state index contributed by atoms with van der Waals surface area (Å²) >= 11 is 0. The lowest BCUT2D eigenvalue weighted by Crippen LogP contribution is -2.47. The summed E-state index contributed by atoms with van der Waals surface area (Å²) in [6.07, 6.45) is 7.90. The maximum Gasteiger partial charge on any atom is 0.223 e. The molecule has 1 aliphatic rings. The van der Waals surface area contributed by atoms with Crippen LogP contribution in [-0.2, 0) is 12.8 Å². The Bertz CT molecular complexity index is 388. The summed E-state index contributed by atoms with van der Waals surface area (Å²) in [5.41, 5.74) is 8.56. The second kappa shape index (κ2) is 6.33. The monoisotopic (exact) mass is 262 g/mol. The number of hydrogen-bond donors (Lipinski definition) is 2. The Morgan fingerprint density at radius 3 is 2.21 bits per heavy atom. The molecule has 0 radical (unpaired) electrons. The molecule has 1 saturated carbocycles. The molecule has 2 rings (SSSR count). The van der Waals surface area contributed by atoms with Crippen LogP contribution in [0.5, 0.6) is 0 Å². The van der Waals surface area contributed by atoms with E-state index in [0.717, 1.165) is 49.6 Å². The van der Waals surface area contributed by atoms with Crippen molar-refractivity contribution in [3.05, 3.63) is 17.5 Å². The predicted octanol–water partition coefficient (Wildman–Crippen LogP) is 2.67. The van der Waals surface area contributed by atoms with Crippen molar-refractivity contribution in [2.24, 2.45) is 5.73 Å². The Labute approximate surface area is 116 Å². The van der Waals surface area contributed by atoms with Gasteiger partial charge in [0.25, 0.3) is 0 Å². The third kappa shape index (κ3) is 3.90. The van der Waals surface area contributed by atoms with E-state index >= 15 is 0 Å². The molecule has 4 nitrogen and oxygen atoms in total. The Kier molecular flexibility index (Phi) is 4.75. The third-order valence-corrected chi connectivity index (χ3v) is 4.00. The highest BCUT2D eigenvalue weighted by molar-refractivity contribution is 5.29. The molecular formula is C15H26N4. The average Bonchev–Trinajstić information content (AvgIpc) is 2.45. The first-order valence-electron chi connectivity index (χ1n) is 7.55. The van der Waals surface area contributed by atoms with Crippen LogP contribution in [0.15, 0.2) is 6.07 Å².